The highest BCUT2D eigenvalue weighted by atomic mass is 32.1. The molecule has 6 rings (SSSR count). The molecular weight excluding hydrogens is 368 g/mol. The average molecular weight is 386 g/mol. The Bertz CT molecular complexity index is 1290. The fraction of sp³-hybridized carbons (Fsp3) is 0.190. The molecule has 0 saturated heterocycles. The van der Waals surface area contributed by atoms with Gasteiger partial charge in [-0.1, -0.05) is 0 Å². The molecule has 0 unspecified atom stereocenters. The molecule has 5 aromatic rings. The lowest BCUT2D eigenvalue weighted by atomic mass is 10.0. The van der Waals surface area contributed by atoms with E-state index in [1.165, 1.54) is 31.8 Å². The van der Waals surface area contributed by atoms with Crippen LogP contribution in [-0.4, -0.2) is 43.2 Å². The van der Waals surface area contributed by atoms with Gasteiger partial charge in [-0.15, -0.1) is 11.3 Å². The number of nitrogens with zero attached hydrogens (tertiary/aromatic N) is 5. The first kappa shape index (κ1) is 16.0. The Kier molecular flexibility index (Phi) is 3.41. The Balaban J connectivity index is 1.50. The van der Waals surface area contributed by atoms with E-state index >= 15 is 0 Å². The first-order valence-electron chi connectivity index (χ1n) is 9.31. The Morgan fingerprint density at radius 1 is 1.11 bits per heavy atom. The summed E-state index contributed by atoms with van der Waals surface area (Å²) in [5.41, 5.74) is 5.65. The van der Waals surface area contributed by atoms with Gasteiger partial charge >= 0.3 is 0 Å². The normalized spacial score (nSPS) is 14.8. The molecule has 0 atom stereocenters. The van der Waals surface area contributed by atoms with E-state index in [-0.39, 0.29) is 0 Å². The number of H-pyrrole nitrogens is 1. The van der Waals surface area contributed by atoms with Crippen molar-refractivity contribution in [2.45, 2.75) is 13.1 Å². The maximum Gasteiger partial charge on any atom is 0.137 e. The number of aromatic nitrogens is 5. The van der Waals surface area contributed by atoms with E-state index in [9.17, 15) is 0 Å². The maximum absolute atomic E-state index is 4.69. The molecule has 0 spiro atoms. The summed E-state index contributed by atoms with van der Waals surface area (Å²) in [6.45, 7) is 2.89. The minimum absolute atomic E-state index is 0.910. The van der Waals surface area contributed by atoms with Crippen LogP contribution < -0.4 is 0 Å². The minimum atomic E-state index is 0.910. The molecule has 0 bridgehead atoms. The highest BCUT2D eigenvalue weighted by Crippen LogP contribution is 2.38. The molecule has 6 heterocycles. The smallest absolute Gasteiger partial charge is 0.137 e. The number of rotatable bonds is 2. The Morgan fingerprint density at radius 3 is 3.00 bits per heavy atom. The Morgan fingerprint density at radius 2 is 2.07 bits per heavy atom. The van der Waals surface area contributed by atoms with Gasteiger partial charge in [-0.25, -0.2) is 4.98 Å². The van der Waals surface area contributed by atoms with Gasteiger partial charge < -0.3 is 4.98 Å². The van der Waals surface area contributed by atoms with E-state index in [2.05, 4.69) is 56.1 Å². The van der Waals surface area contributed by atoms with Gasteiger partial charge in [-0.05, 0) is 30.6 Å². The number of hydrogen-bond donors (Lipinski definition) is 1. The first-order chi connectivity index (χ1) is 13.8. The second kappa shape index (κ2) is 5.98. The number of thiophene rings is 1. The van der Waals surface area contributed by atoms with Crippen LogP contribution in [0.25, 0.3) is 42.7 Å². The fourth-order valence-electron chi connectivity index (χ4n) is 3.98. The standard InChI is InChI=1S/C21H18N6S/c1-26-4-5-27-18(12-26)16(10-25-27)14-6-15-17(9-24-21(15)23-8-14)19-7-13-2-3-22-11-20(13)28-19/h2-3,6-11H,4-5,12H2,1H3,(H,23,24). The fourth-order valence-corrected chi connectivity index (χ4v) is 5.04. The van der Waals surface area contributed by atoms with E-state index in [1.54, 1.807) is 11.3 Å². The van der Waals surface area contributed by atoms with Crippen LogP contribution in [0.5, 0.6) is 0 Å². The van der Waals surface area contributed by atoms with Crippen LogP contribution in [0.3, 0.4) is 0 Å². The van der Waals surface area contributed by atoms with Crippen LogP contribution in [0.1, 0.15) is 5.69 Å². The Labute approximate surface area is 165 Å². The van der Waals surface area contributed by atoms with Crippen molar-refractivity contribution in [3.8, 4) is 21.6 Å². The van der Waals surface area contributed by atoms with Gasteiger partial charge in [0.15, 0.2) is 0 Å². The lowest BCUT2D eigenvalue weighted by Crippen LogP contribution is -2.30. The molecule has 0 aliphatic carbocycles. The van der Waals surface area contributed by atoms with E-state index in [4.69, 9.17) is 4.98 Å². The van der Waals surface area contributed by atoms with Crippen molar-refractivity contribution in [3.05, 3.63) is 54.9 Å². The van der Waals surface area contributed by atoms with Gasteiger partial charge in [-0.2, -0.15) is 5.10 Å². The summed E-state index contributed by atoms with van der Waals surface area (Å²) in [6.07, 6.45) is 9.76. The summed E-state index contributed by atoms with van der Waals surface area (Å²) in [5.74, 6) is 0. The van der Waals surface area contributed by atoms with Gasteiger partial charge in [0.2, 0.25) is 0 Å². The van der Waals surface area contributed by atoms with E-state index < -0.39 is 0 Å². The molecule has 0 aromatic carbocycles. The van der Waals surface area contributed by atoms with Crippen molar-refractivity contribution in [2.24, 2.45) is 0 Å². The maximum atomic E-state index is 4.69. The summed E-state index contributed by atoms with van der Waals surface area (Å²) >= 11 is 1.76. The molecule has 5 aromatic heterocycles. The Hall–Kier alpha value is -3.03. The third-order valence-corrected chi connectivity index (χ3v) is 6.61. The number of pyridine rings is 2. The predicted octanol–water partition coefficient (Wildman–Crippen LogP) is 4.15. The summed E-state index contributed by atoms with van der Waals surface area (Å²) in [7, 11) is 2.16. The zero-order valence-electron chi connectivity index (χ0n) is 15.4. The molecule has 6 nitrogen and oxygen atoms in total. The molecule has 1 aliphatic rings. The third kappa shape index (κ3) is 2.40. The van der Waals surface area contributed by atoms with Crippen LogP contribution in [0.4, 0.5) is 0 Å². The summed E-state index contributed by atoms with van der Waals surface area (Å²) in [5, 5.41) is 6.96. The third-order valence-electron chi connectivity index (χ3n) is 5.49. The predicted molar refractivity (Wildman–Crippen MR) is 112 cm³/mol. The zero-order chi connectivity index (χ0) is 18.7. The van der Waals surface area contributed by atoms with Crippen LogP contribution in [0.15, 0.2) is 49.2 Å². The van der Waals surface area contributed by atoms with Crippen molar-refractivity contribution in [3.63, 3.8) is 0 Å². The highest BCUT2D eigenvalue weighted by Gasteiger charge is 2.20. The molecule has 0 saturated carbocycles. The SMILES string of the molecule is CN1CCn2ncc(-c3cnc4[nH]cc(-c5cc6ccncc6s5)c4c3)c2C1. The number of nitrogens with one attached hydrogen (secondary N) is 1. The zero-order valence-corrected chi connectivity index (χ0v) is 16.2. The summed E-state index contributed by atoms with van der Waals surface area (Å²) in [6, 6.07) is 6.53. The quantitative estimate of drug-likeness (QED) is 0.495. The van der Waals surface area contributed by atoms with Crippen molar-refractivity contribution in [2.75, 3.05) is 13.6 Å². The summed E-state index contributed by atoms with van der Waals surface area (Å²) < 4.78 is 3.32. The van der Waals surface area contributed by atoms with E-state index in [0.29, 0.717) is 0 Å². The topological polar surface area (TPSA) is 62.6 Å². The molecule has 0 amide bonds. The number of hydrogen-bond acceptors (Lipinski definition) is 5. The van der Waals surface area contributed by atoms with Crippen molar-refractivity contribution in [1.82, 2.24) is 29.6 Å². The molecule has 0 fully saturated rings. The van der Waals surface area contributed by atoms with Crippen molar-refractivity contribution >= 4 is 32.5 Å². The lowest BCUT2D eigenvalue weighted by Gasteiger charge is -2.24. The average Bonchev–Trinajstić information content (AvgIpc) is 3.42. The van der Waals surface area contributed by atoms with Crippen LogP contribution >= 0.6 is 11.3 Å². The first-order valence-corrected chi connectivity index (χ1v) is 10.1. The van der Waals surface area contributed by atoms with Crippen LogP contribution in [0, 0.1) is 0 Å². The number of aromatic amines is 1. The highest BCUT2D eigenvalue weighted by molar-refractivity contribution is 7.22. The summed E-state index contributed by atoms with van der Waals surface area (Å²) in [4.78, 5) is 15.8. The molecule has 0 radical (unpaired) electrons. The van der Waals surface area contributed by atoms with Gasteiger partial charge in [0.25, 0.3) is 0 Å². The lowest BCUT2D eigenvalue weighted by molar-refractivity contribution is 0.259. The van der Waals surface area contributed by atoms with E-state index in [1.807, 2.05) is 24.8 Å². The van der Waals surface area contributed by atoms with Gasteiger partial charge in [0.1, 0.15) is 5.65 Å². The monoisotopic (exact) mass is 386 g/mol. The van der Waals surface area contributed by atoms with Crippen molar-refractivity contribution in [1.29, 1.82) is 0 Å². The molecule has 138 valence electrons. The van der Waals surface area contributed by atoms with Gasteiger partial charge in [-0.3, -0.25) is 14.6 Å². The molecule has 1 aliphatic heterocycles. The van der Waals surface area contributed by atoms with E-state index in [0.717, 1.165) is 36.2 Å². The van der Waals surface area contributed by atoms with Crippen LogP contribution in [0.2, 0.25) is 0 Å². The second-order valence-corrected chi connectivity index (χ2v) is 8.40. The van der Waals surface area contributed by atoms with Crippen molar-refractivity contribution < 1.29 is 0 Å². The molecule has 28 heavy (non-hydrogen) atoms. The second-order valence-electron chi connectivity index (χ2n) is 7.31. The van der Waals surface area contributed by atoms with Crippen LogP contribution in [-0.2, 0) is 13.1 Å². The number of likely N-dealkylation sites (N-methyl/N-ethyl adjacent to an activating group) is 1. The number of fused-ring (bicyclic) bond motifs is 3. The molecular formula is C21H18N6S. The molecule has 1 N–H and O–H groups in total. The minimum Gasteiger partial charge on any atom is -0.345 e. The molecule has 7 heteroatoms. The largest absolute Gasteiger partial charge is 0.345 e. The van der Waals surface area contributed by atoms with Gasteiger partial charge in [0.05, 0.1) is 23.1 Å². The van der Waals surface area contributed by atoms with Gasteiger partial charge in [0, 0.05) is 64.8 Å².